The second kappa shape index (κ2) is 9.32. The Hall–Kier alpha value is -2.83. The first-order valence-electron chi connectivity index (χ1n) is 9.41. The van der Waals surface area contributed by atoms with E-state index < -0.39 is 6.10 Å². The molecule has 1 atom stereocenters. The molecule has 0 aliphatic carbocycles. The Kier molecular flexibility index (Phi) is 6.35. The lowest BCUT2D eigenvalue weighted by molar-refractivity contribution is 0.213. The fourth-order valence-corrected chi connectivity index (χ4v) is 4.23. The normalized spacial score (nSPS) is 12.0. The zero-order valence-electron chi connectivity index (χ0n) is 16.2. The van der Waals surface area contributed by atoms with E-state index in [1.165, 1.54) is 12.1 Å². The van der Waals surface area contributed by atoms with Crippen LogP contribution in [-0.2, 0) is 5.75 Å². The van der Waals surface area contributed by atoms with Gasteiger partial charge in [0.15, 0.2) is 17.1 Å². The average Bonchev–Trinajstić information content (AvgIpc) is 3.19. The second-order valence-corrected chi connectivity index (χ2v) is 7.96. The van der Waals surface area contributed by atoms with E-state index in [2.05, 4.69) is 10.2 Å². The molecule has 0 radical (unpaired) electrons. The molecule has 3 aromatic carbocycles. The number of ether oxygens (including phenoxy) is 1. The van der Waals surface area contributed by atoms with Crippen molar-refractivity contribution in [3.63, 3.8) is 0 Å². The number of hydrogen-bond donors (Lipinski definition) is 0. The lowest BCUT2D eigenvalue weighted by Gasteiger charge is -2.16. The Morgan fingerprint density at radius 1 is 0.967 bits per heavy atom. The maximum absolute atomic E-state index is 13.2. The van der Waals surface area contributed by atoms with Crippen LogP contribution in [0.1, 0.15) is 24.4 Å². The van der Waals surface area contributed by atoms with Crippen molar-refractivity contribution in [3.05, 3.63) is 101 Å². The number of thioether (sulfide) groups is 1. The third-order valence-electron chi connectivity index (χ3n) is 4.48. The summed E-state index contributed by atoms with van der Waals surface area (Å²) in [6.45, 7) is 1.90. The highest BCUT2D eigenvalue weighted by molar-refractivity contribution is 7.98. The third kappa shape index (κ3) is 4.66. The average molecular weight is 440 g/mol. The molecule has 0 spiro atoms. The smallest absolute Gasteiger partial charge is 0.196 e. The summed E-state index contributed by atoms with van der Waals surface area (Å²) in [5.74, 6) is 1.59. The van der Waals surface area contributed by atoms with Gasteiger partial charge in [0.2, 0.25) is 0 Å². The van der Waals surface area contributed by atoms with Crippen molar-refractivity contribution in [2.45, 2.75) is 23.9 Å². The van der Waals surface area contributed by atoms with E-state index in [4.69, 9.17) is 16.3 Å². The predicted molar refractivity (Wildman–Crippen MR) is 118 cm³/mol. The molecule has 0 amide bonds. The van der Waals surface area contributed by atoms with Crippen LogP contribution in [0.15, 0.2) is 84.0 Å². The number of rotatable bonds is 7. The molecule has 30 heavy (non-hydrogen) atoms. The molecule has 4 nitrogen and oxygen atoms in total. The summed E-state index contributed by atoms with van der Waals surface area (Å²) >= 11 is 7.86. The van der Waals surface area contributed by atoms with Crippen LogP contribution in [0.3, 0.4) is 0 Å². The van der Waals surface area contributed by atoms with E-state index in [-0.39, 0.29) is 5.82 Å². The van der Waals surface area contributed by atoms with Crippen LogP contribution in [-0.4, -0.2) is 14.8 Å². The van der Waals surface area contributed by atoms with E-state index >= 15 is 0 Å². The van der Waals surface area contributed by atoms with Crippen LogP contribution in [0.4, 0.5) is 4.39 Å². The van der Waals surface area contributed by atoms with Crippen LogP contribution in [0, 0.1) is 5.82 Å². The van der Waals surface area contributed by atoms with E-state index in [0.29, 0.717) is 17.3 Å². The van der Waals surface area contributed by atoms with E-state index in [9.17, 15) is 4.39 Å². The molecule has 0 saturated carbocycles. The van der Waals surface area contributed by atoms with Crippen LogP contribution in [0.25, 0.3) is 5.69 Å². The van der Waals surface area contributed by atoms with Gasteiger partial charge in [0, 0.05) is 16.5 Å². The van der Waals surface area contributed by atoms with Gasteiger partial charge in [-0.2, -0.15) is 0 Å². The minimum atomic E-state index is -0.391. The summed E-state index contributed by atoms with van der Waals surface area (Å²) < 4.78 is 21.2. The minimum Gasteiger partial charge on any atom is -0.483 e. The summed E-state index contributed by atoms with van der Waals surface area (Å²) in [6, 6.07) is 23.6. The Labute approximate surface area is 183 Å². The van der Waals surface area contributed by atoms with E-state index in [1.807, 2.05) is 66.1 Å². The predicted octanol–water partition coefficient (Wildman–Crippen LogP) is 6.49. The molecule has 0 bridgehead atoms. The van der Waals surface area contributed by atoms with Gasteiger partial charge in [-0.15, -0.1) is 10.2 Å². The van der Waals surface area contributed by atoms with Gasteiger partial charge in [-0.3, -0.25) is 4.57 Å². The Morgan fingerprint density at radius 3 is 2.40 bits per heavy atom. The van der Waals surface area contributed by atoms with Crippen LogP contribution in [0.5, 0.6) is 5.75 Å². The number of benzene rings is 3. The highest BCUT2D eigenvalue weighted by atomic mass is 35.5. The quantitative estimate of drug-likeness (QED) is 0.308. The lowest BCUT2D eigenvalue weighted by atomic mass is 10.2. The minimum absolute atomic E-state index is 0.305. The molecule has 4 aromatic rings. The van der Waals surface area contributed by atoms with Gasteiger partial charge in [0.25, 0.3) is 0 Å². The van der Waals surface area contributed by atoms with Crippen molar-refractivity contribution in [2.75, 3.05) is 0 Å². The number of hydrogen-bond acceptors (Lipinski definition) is 4. The molecule has 0 N–H and O–H groups in total. The Morgan fingerprint density at radius 2 is 1.67 bits per heavy atom. The summed E-state index contributed by atoms with van der Waals surface area (Å²) in [4.78, 5) is 0. The van der Waals surface area contributed by atoms with Crippen molar-refractivity contribution in [3.8, 4) is 11.4 Å². The Balaban J connectivity index is 1.63. The van der Waals surface area contributed by atoms with Crippen molar-refractivity contribution in [1.29, 1.82) is 0 Å². The molecule has 7 heteroatoms. The number of aromatic nitrogens is 3. The number of halogens is 2. The summed E-state index contributed by atoms with van der Waals surface area (Å²) in [5, 5.41) is 10.3. The molecular weight excluding hydrogens is 421 g/mol. The van der Waals surface area contributed by atoms with Crippen LogP contribution < -0.4 is 4.74 Å². The first kappa shape index (κ1) is 20.4. The van der Waals surface area contributed by atoms with Crippen molar-refractivity contribution >= 4 is 23.4 Å². The van der Waals surface area contributed by atoms with E-state index in [1.54, 1.807) is 23.9 Å². The SMILES string of the molecule is CC(Oc1ccc(F)cc1)c1nnc(SCc2ccccc2Cl)n1-c1ccccc1. The van der Waals surface area contributed by atoms with Gasteiger partial charge >= 0.3 is 0 Å². The van der Waals surface area contributed by atoms with Gasteiger partial charge in [-0.25, -0.2) is 4.39 Å². The highest BCUT2D eigenvalue weighted by Gasteiger charge is 2.21. The highest BCUT2D eigenvalue weighted by Crippen LogP contribution is 2.31. The fraction of sp³-hybridized carbons (Fsp3) is 0.130. The zero-order valence-corrected chi connectivity index (χ0v) is 17.8. The monoisotopic (exact) mass is 439 g/mol. The number of nitrogens with zero attached hydrogens (tertiary/aromatic N) is 3. The van der Waals surface area contributed by atoms with Crippen molar-refractivity contribution in [1.82, 2.24) is 14.8 Å². The Bertz CT molecular complexity index is 1120. The molecule has 1 aromatic heterocycles. The topological polar surface area (TPSA) is 39.9 Å². The largest absolute Gasteiger partial charge is 0.483 e. The molecule has 1 heterocycles. The maximum atomic E-state index is 13.2. The molecule has 1 unspecified atom stereocenters. The summed E-state index contributed by atoms with van der Waals surface area (Å²) in [6.07, 6.45) is -0.391. The summed E-state index contributed by atoms with van der Waals surface area (Å²) in [7, 11) is 0. The van der Waals surface area contributed by atoms with Crippen LogP contribution >= 0.6 is 23.4 Å². The molecule has 0 aliphatic rings. The van der Waals surface area contributed by atoms with Gasteiger partial charge in [0.1, 0.15) is 11.6 Å². The van der Waals surface area contributed by atoms with Gasteiger partial charge in [0.05, 0.1) is 0 Å². The fourth-order valence-electron chi connectivity index (χ4n) is 2.99. The lowest BCUT2D eigenvalue weighted by Crippen LogP contribution is -2.11. The third-order valence-corrected chi connectivity index (χ3v) is 5.82. The molecule has 4 rings (SSSR count). The van der Waals surface area contributed by atoms with E-state index in [0.717, 1.165) is 21.4 Å². The van der Waals surface area contributed by atoms with Gasteiger partial charge in [-0.05, 0) is 55.0 Å². The standard InChI is InChI=1S/C23H19ClFN3OS/c1-16(29-20-13-11-18(25)12-14-20)22-26-27-23(28(22)19-8-3-2-4-9-19)30-15-17-7-5-6-10-21(17)24/h2-14,16H,15H2,1H3. The second-order valence-electron chi connectivity index (χ2n) is 6.61. The maximum Gasteiger partial charge on any atom is 0.196 e. The number of para-hydroxylation sites is 1. The molecule has 152 valence electrons. The molecule has 0 saturated heterocycles. The molecule has 0 aliphatic heterocycles. The van der Waals surface area contributed by atoms with Crippen molar-refractivity contribution < 1.29 is 9.13 Å². The van der Waals surface area contributed by atoms with Crippen molar-refractivity contribution in [2.24, 2.45) is 0 Å². The molecular formula is C23H19ClFN3OS. The van der Waals surface area contributed by atoms with Crippen LogP contribution in [0.2, 0.25) is 5.02 Å². The van der Waals surface area contributed by atoms with Gasteiger partial charge < -0.3 is 4.74 Å². The van der Waals surface area contributed by atoms with Gasteiger partial charge in [-0.1, -0.05) is 59.8 Å². The first-order valence-corrected chi connectivity index (χ1v) is 10.8. The molecule has 0 fully saturated rings. The first-order chi connectivity index (χ1) is 14.6. The zero-order chi connectivity index (χ0) is 20.9. The summed E-state index contributed by atoms with van der Waals surface area (Å²) in [5.41, 5.74) is 1.97.